The van der Waals surface area contributed by atoms with Gasteiger partial charge < -0.3 is 15.5 Å². The average Bonchev–Trinajstić information content (AvgIpc) is 2.72. The maximum atomic E-state index is 13.1. The molecule has 1 heterocycles. The van der Waals surface area contributed by atoms with Gasteiger partial charge in [0.25, 0.3) is 11.8 Å². The zero-order valence-corrected chi connectivity index (χ0v) is 17.9. The van der Waals surface area contributed by atoms with Crippen LogP contribution in [0.2, 0.25) is 5.02 Å². The molecule has 2 aromatic carbocycles. The Hall–Kier alpha value is -2.86. The molecule has 2 N–H and O–H groups in total. The molecule has 3 amide bonds. The number of carbonyl (C=O) groups excluding carboxylic acids is 3. The highest BCUT2D eigenvalue weighted by molar-refractivity contribution is 6.31. The Kier molecular flexibility index (Phi) is 7.11. The molecule has 0 spiro atoms. The van der Waals surface area contributed by atoms with Crippen LogP contribution in [0.3, 0.4) is 0 Å². The Morgan fingerprint density at radius 2 is 1.70 bits per heavy atom. The summed E-state index contributed by atoms with van der Waals surface area (Å²) in [5, 5.41) is 5.73. The summed E-state index contributed by atoms with van der Waals surface area (Å²) in [5.41, 5.74) is 1.21. The zero-order chi connectivity index (χ0) is 21.7. The number of halogens is 1. The first-order valence-electron chi connectivity index (χ1n) is 10.1. The molecule has 30 heavy (non-hydrogen) atoms. The third-order valence-electron chi connectivity index (χ3n) is 5.09. The molecule has 0 bridgehead atoms. The summed E-state index contributed by atoms with van der Waals surface area (Å²) >= 11 is 6.12. The molecule has 0 saturated carbocycles. The summed E-state index contributed by atoms with van der Waals surface area (Å²) in [6, 6.07) is 13.5. The van der Waals surface area contributed by atoms with Crippen molar-refractivity contribution in [2.45, 2.75) is 20.3 Å². The van der Waals surface area contributed by atoms with E-state index in [0.717, 1.165) is 6.42 Å². The van der Waals surface area contributed by atoms with Crippen LogP contribution < -0.4 is 10.6 Å². The average molecular weight is 428 g/mol. The largest absolute Gasteiger partial charge is 0.343 e. The molecule has 3 rings (SSSR count). The molecule has 1 aliphatic heterocycles. The summed E-state index contributed by atoms with van der Waals surface area (Å²) in [6.45, 7) is 5.41. The number of likely N-dealkylation sites (tertiary alicyclic amines) is 1. The van der Waals surface area contributed by atoms with Gasteiger partial charge in [-0.15, -0.1) is 0 Å². The third kappa shape index (κ3) is 5.60. The van der Waals surface area contributed by atoms with E-state index < -0.39 is 5.91 Å². The van der Waals surface area contributed by atoms with Gasteiger partial charge in [0.1, 0.15) is 0 Å². The van der Waals surface area contributed by atoms with Crippen molar-refractivity contribution in [1.29, 1.82) is 0 Å². The van der Waals surface area contributed by atoms with Crippen LogP contribution in [0.1, 0.15) is 41.0 Å². The fourth-order valence-electron chi connectivity index (χ4n) is 3.85. The number of hydrogen-bond donors (Lipinski definition) is 2. The van der Waals surface area contributed by atoms with Gasteiger partial charge in [-0.1, -0.05) is 43.6 Å². The maximum absolute atomic E-state index is 13.1. The molecule has 6 nitrogen and oxygen atoms in total. The number of hydrogen-bond acceptors (Lipinski definition) is 3. The predicted molar refractivity (Wildman–Crippen MR) is 118 cm³/mol. The number of piperidine rings is 1. The quantitative estimate of drug-likeness (QED) is 0.761. The highest BCUT2D eigenvalue weighted by Crippen LogP contribution is 2.27. The molecule has 0 radical (unpaired) electrons. The Morgan fingerprint density at radius 3 is 2.37 bits per heavy atom. The molecular weight excluding hydrogens is 402 g/mol. The molecule has 7 heteroatoms. The lowest BCUT2D eigenvalue weighted by molar-refractivity contribution is -0.115. The first-order chi connectivity index (χ1) is 14.3. The lowest BCUT2D eigenvalue weighted by Gasteiger charge is -2.35. The fraction of sp³-hybridized carbons (Fsp3) is 0.348. The minimum atomic E-state index is -0.420. The maximum Gasteiger partial charge on any atom is 0.256 e. The minimum Gasteiger partial charge on any atom is -0.343 e. The number of nitrogens with zero attached hydrogens (tertiary/aromatic N) is 1. The Labute approximate surface area is 181 Å². The van der Waals surface area contributed by atoms with Crippen LogP contribution in [-0.2, 0) is 4.79 Å². The minimum absolute atomic E-state index is 0.153. The molecule has 1 saturated heterocycles. The molecular formula is C23H26ClN3O3. The Balaban J connectivity index is 1.68. The van der Waals surface area contributed by atoms with E-state index >= 15 is 0 Å². The van der Waals surface area contributed by atoms with E-state index in [-0.39, 0.29) is 18.4 Å². The molecule has 0 unspecified atom stereocenters. The predicted octanol–water partition coefficient (Wildman–Crippen LogP) is 3.83. The highest BCUT2D eigenvalue weighted by atomic mass is 35.5. The van der Waals surface area contributed by atoms with Crippen LogP contribution in [0, 0.1) is 11.8 Å². The molecule has 2 aromatic rings. The van der Waals surface area contributed by atoms with E-state index in [4.69, 9.17) is 11.6 Å². The van der Waals surface area contributed by atoms with Crippen molar-refractivity contribution in [3.8, 4) is 0 Å². The number of nitrogens with one attached hydrogen (secondary N) is 2. The van der Waals surface area contributed by atoms with Crippen molar-refractivity contribution in [2.24, 2.45) is 11.8 Å². The van der Waals surface area contributed by atoms with Crippen molar-refractivity contribution >= 4 is 35.0 Å². The lowest BCUT2D eigenvalue weighted by Crippen LogP contribution is -2.43. The normalized spacial score (nSPS) is 18.6. The van der Waals surface area contributed by atoms with Crippen molar-refractivity contribution in [3.63, 3.8) is 0 Å². The third-order valence-corrected chi connectivity index (χ3v) is 5.32. The zero-order valence-electron chi connectivity index (χ0n) is 17.2. The number of amides is 3. The van der Waals surface area contributed by atoms with Gasteiger partial charge in [-0.25, -0.2) is 0 Å². The van der Waals surface area contributed by atoms with Crippen molar-refractivity contribution in [1.82, 2.24) is 10.2 Å². The number of anilines is 1. The second kappa shape index (κ2) is 9.76. The van der Waals surface area contributed by atoms with Gasteiger partial charge in [-0.2, -0.15) is 0 Å². The highest BCUT2D eigenvalue weighted by Gasteiger charge is 2.28. The van der Waals surface area contributed by atoms with E-state index in [2.05, 4.69) is 24.5 Å². The first-order valence-corrected chi connectivity index (χ1v) is 10.4. The van der Waals surface area contributed by atoms with Crippen LogP contribution in [0.4, 0.5) is 5.69 Å². The first kappa shape index (κ1) is 21.8. The molecule has 0 aliphatic carbocycles. The summed E-state index contributed by atoms with van der Waals surface area (Å²) in [4.78, 5) is 39.5. The van der Waals surface area contributed by atoms with Crippen molar-refractivity contribution in [3.05, 3.63) is 64.7 Å². The second-order valence-corrected chi connectivity index (χ2v) is 8.38. The molecule has 158 valence electrons. The number of rotatable bonds is 5. The van der Waals surface area contributed by atoms with Gasteiger partial charge in [-0.3, -0.25) is 14.4 Å². The topological polar surface area (TPSA) is 78.5 Å². The SMILES string of the molecule is C[C@@H]1C[C@H](C)CN(C(=O)c2cc(Cl)ccc2NC(=O)CNC(=O)c2ccccc2)C1. The second-order valence-electron chi connectivity index (χ2n) is 7.94. The number of carbonyl (C=O) groups is 3. The van der Waals surface area contributed by atoms with Gasteiger partial charge in [0, 0.05) is 23.7 Å². The van der Waals surface area contributed by atoms with E-state index in [1.807, 2.05) is 11.0 Å². The van der Waals surface area contributed by atoms with Crippen LogP contribution in [0.25, 0.3) is 0 Å². The van der Waals surface area contributed by atoms with Crippen molar-refractivity contribution < 1.29 is 14.4 Å². The fourth-order valence-corrected chi connectivity index (χ4v) is 4.02. The van der Waals surface area contributed by atoms with Gasteiger partial charge in [0.15, 0.2) is 0 Å². The molecule has 0 aromatic heterocycles. The van der Waals surface area contributed by atoms with E-state index in [0.29, 0.717) is 46.8 Å². The van der Waals surface area contributed by atoms with E-state index in [9.17, 15) is 14.4 Å². The summed E-state index contributed by atoms with van der Waals surface area (Å²) < 4.78 is 0. The Bertz CT molecular complexity index is 923. The van der Waals surface area contributed by atoms with Crippen LogP contribution in [-0.4, -0.2) is 42.3 Å². The van der Waals surface area contributed by atoms with Crippen LogP contribution in [0.5, 0.6) is 0 Å². The molecule has 1 fully saturated rings. The number of benzene rings is 2. The van der Waals surface area contributed by atoms with Gasteiger partial charge in [0.05, 0.1) is 17.8 Å². The van der Waals surface area contributed by atoms with Gasteiger partial charge >= 0.3 is 0 Å². The standard InChI is InChI=1S/C23H26ClN3O3/c1-15-10-16(2)14-27(13-15)23(30)19-11-18(24)8-9-20(19)26-21(28)12-25-22(29)17-6-4-3-5-7-17/h3-9,11,15-16H,10,12-14H2,1-2H3,(H,25,29)(H,26,28)/t15-,16+. The summed E-state index contributed by atoms with van der Waals surface area (Å²) in [5.74, 6) is -0.0729. The molecule has 2 atom stereocenters. The van der Waals surface area contributed by atoms with E-state index in [1.54, 1.807) is 42.5 Å². The molecule has 1 aliphatic rings. The van der Waals surface area contributed by atoms with Gasteiger partial charge in [-0.05, 0) is 48.6 Å². The lowest BCUT2D eigenvalue weighted by atomic mass is 9.91. The monoisotopic (exact) mass is 427 g/mol. The van der Waals surface area contributed by atoms with Crippen molar-refractivity contribution in [2.75, 3.05) is 25.0 Å². The van der Waals surface area contributed by atoms with Gasteiger partial charge in [0.2, 0.25) is 5.91 Å². The van der Waals surface area contributed by atoms with E-state index in [1.165, 1.54) is 0 Å². The van der Waals surface area contributed by atoms with Crippen LogP contribution >= 0.6 is 11.6 Å². The smallest absolute Gasteiger partial charge is 0.256 e. The Morgan fingerprint density at radius 1 is 1.03 bits per heavy atom. The summed E-state index contributed by atoms with van der Waals surface area (Å²) in [7, 11) is 0. The van der Waals surface area contributed by atoms with Crippen LogP contribution in [0.15, 0.2) is 48.5 Å². The summed E-state index contributed by atoms with van der Waals surface area (Å²) in [6.07, 6.45) is 1.09.